The Kier molecular flexibility index (Phi) is 5.96. The normalized spacial score (nSPS) is 20.0. The molecule has 3 rings (SSSR count). The lowest BCUT2D eigenvalue weighted by Crippen LogP contribution is -2.54. The molecule has 1 saturated carbocycles. The van der Waals surface area contributed by atoms with E-state index in [4.69, 9.17) is 4.74 Å². The number of carbonyl (C=O) groups excluding carboxylic acids is 1. The minimum Gasteiger partial charge on any atom is -0.496 e. The van der Waals surface area contributed by atoms with Crippen LogP contribution in [0, 0.1) is 0 Å². The number of ether oxygens (including phenoxy) is 1. The van der Waals surface area contributed by atoms with E-state index in [1.807, 2.05) is 29.2 Å². The molecule has 2 fully saturated rings. The van der Waals surface area contributed by atoms with E-state index >= 15 is 0 Å². The molecule has 1 aliphatic carbocycles. The number of rotatable bonds is 4. The van der Waals surface area contributed by atoms with Crippen LogP contribution in [0.1, 0.15) is 37.7 Å². The van der Waals surface area contributed by atoms with Crippen LogP contribution in [-0.2, 0) is 6.54 Å². The van der Waals surface area contributed by atoms with Crippen molar-refractivity contribution in [1.29, 1.82) is 0 Å². The summed E-state index contributed by atoms with van der Waals surface area (Å²) in [7, 11) is 1.66. The molecule has 5 nitrogen and oxygen atoms in total. The third-order valence-corrected chi connectivity index (χ3v) is 5.32. The highest BCUT2D eigenvalue weighted by atomic mass is 16.5. The lowest BCUT2D eigenvalue weighted by Gasteiger charge is -2.40. The van der Waals surface area contributed by atoms with Gasteiger partial charge in [0.05, 0.1) is 7.11 Å². The lowest BCUT2D eigenvalue weighted by molar-refractivity contribution is 0.0905. The van der Waals surface area contributed by atoms with Gasteiger partial charge in [0.1, 0.15) is 5.75 Å². The smallest absolute Gasteiger partial charge is 0.317 e. The number of amides is 2. The summed E-state index contributed by atoms with van der Waals surface area (Å²) in [6, 6.07) is 8.59. The summed E-state index contributed by atoms with van der Waals surface area (Å²) in [6.07, 6.45) is 6.79. The molecule has 5 heteroatoms. The molecule has 2 aliphatic rings. The number of nitrogens with zero attached hydrogens (tertiary/aromatic N) is 2. The Labute approximate surface area is 145 Å². The van der Waals surface area contributed by atoms with Gasteiger partial charge >= 0.3 is 6.03 Å². The van der Waals surface area contributed by atoms with Gasteiger partial charge in [-0.3, -0.25) is 4.90 Å². The van der Waals surface area contributed by atoms with Gasteiger partial charge in [0, 0.05) is 44.3 Å². The molecular formula is C19H29N3O2. The molecule has 0 unspecified atom stereocenters. The molecule has 0 spiro atoms. The summed E-state index contributed by atoms with van der Waals surface area (Å²) >= 11 is 0. The number of piperazine rings is 1. The van der Waals surface area contributed by atoms with Gasteiger partial charge in [-0.2, -0.15) is 0 Å². The highest BCUT2D eigenvalue weighted by Gasteiger charge is 2.26. The number of carbonyl (C=O) groups is 1. The molecule has 0 aromatic heterocycles. The first-order valence-electron chi connectivity index (χ1n) is 9.16. The summed E-state index contributed by atoms with van der Waals surface area (Å²) in [6.45, 7) is 4.17. The molecule has 0 atom stereocenters. The summed E-state index contributed by atoms with van der Waals surface area (Å²) in [4.78, 5) is 16.9. The average Bonchev–Trinajstić information content (AvgIpc) is 2.67. The highest BCUT2D eigenvalue weighted by molar-refractivity contribution is 5.74. The van der Waals surface area contributed by atoms with E-state index in [0.717, 1.165) is 43.5 Å². The van der Waals surface area contributed by atoms with E-state index < -0.39 is 0 Å². The van der Waals surface area contributed by atoms with Crippen LogP contribution in [0.3, 0.4) is 0 Å². The molecule has 1 aliphatic heterocycles. The summed E-state index contributed by atoms with van der Waals surface area (Å²) in [5.74, 6) is 0.819. The summed E-state index contributed by atoms with van der Waals surface area (Å²) in [5.41, 5.74) is 1.01. The van der Waals surface area contributed by atoms with E-state index in [9.17, 15) is 4.79 Å². The maximum absolute atomic E-state index is 12.4. The predicted octanol–water partition coefficient (Wildman–Crippen LogP) is 2.86. The molecular weight excluding hydrogens is 302 g/mol. The molecule has 0 bridgehead atoms. The maximum atomic E-state index is 12.4. The second-order valence-electron chi connectivity index (χ2n) is 6.79. The minimum atomic E-state index is 0.0317. The molecule has 1 aromatic carbocycles. The monoisotopic (exact) mass is 331 g/mol. The molecule has 1 aromatic rings. The fourth-order valence-electron chi connectivity index (χ4n) is 3.87. The Hall–Kier alpha value is -1.75. The van der Waals surface area contributed by atoms with Gasteiger partial charge in [-0.1, -0.05) is 37.5 Å². The zero-order chi connectivity index (χ0) is 16.8. The average molecular weight is 331 g/mol. The molecule has 2 amide bonds. The van der Waals surface area contributed by atoms with Crippen molar-refractivity contribution in [3.63, 3.8) is 0 Å². The van der Waals surface area contributed by atoms with Crippen LogP contribution < -0.4 is 10.1 Å². The molecule has 132 valence electrons. The predicted molar refractivity (Wildman–Crippen MR) is 95.2 cm³/mol. The molecule has 1 saturated heterocycles. The number of hydrogen-bond donors (Lipinski definition) is 1. The Balaban J connectivity index is 1.45. The van der Waals surface area contributed by atoms with Gasteiger partial charge in [-0.05, 0) is 18.9 Å². The Morgan fingerprint density at radius 2 is 1.83 bits per heavy atom. The highest BCUT2D eigenvalue weighted by Crippen LogP contribution is 2.23. The molecule has 0 radical (unpaired) electrons. The van der Waals surface area contributed by atoms with Crippen LogP contribution in [0.2, 0.25) is 0 Å². The maximum Gasteiger partial charge on any atom is 0.317 e. The van der Waals surface area contributed by atoms with Gasteiger partial charge in [-0.25, -0.2) is 4.79 Å². The van der Waals surface area contributed by atoms with Crippen molar-refractivity contribution in [2.75, 3.05) is 33.3 Å². The van der Waals surface area contributed by atoms with E-state index in [1.54, 1.807) is 7.11 Å². The van der Waals surface area contributed by atoms with Crippen molar-refractivity contribution >= 4 is 6.03 Å². The van der Waals surface area contributed by atoms with Crippen LogP contribution in [0.25, 0.3) is 0 Å². The van der Waals surface area contributed by atoms with Crippen molar-refractivity contribution in [2.45, 2.75) is 44.7 Å². The van der Waals surface area contributed by atoms with E-state index in [-0.39, 0.29) is 6.03 Å². The minimum absolute atomic E-state index is 0.0317. The quantitative estimate of drug-likeness (QED) is 0.923. The number of benzene rings is 1. The van der Waals surface area contributed by atoms with Crippen LogP contribution >= 0.6 is 0 Å². The van der Waals surface area contributed by atoms with Crippen LogP contribution in [-0.4, -0.2) is 55.2 Å². The van der Waals surface area contributed by atoms with Gasteiger partial charge in [0.2, 0.25) is 0 Å². The summed E-state index contributed by atoms with van der Waals surface area (Å²) in [5, 5.41) is 3.03. The van der Waals surface area contributed by atoms with Gasteiger partial charge in [0.15, 0.2) is 0 Å². The van der Waals surface area contributed by atoms with Gasteiger partial charge < -0.3 is 15.0 Å². The van der Waals surface area contributed by atoms with E-state index in [2.05, 4.69) is 10.2 Å². The van der Waals surface area contributed by atoms with Crippen LogP contribution in [0.4, 0.5) is 4.79 Å². The van der Waals surface area contributed by atoms with Crippen molar-refractivity contribution in [2.24, 2.45) is 0 Å². The van der Waals surface area contributed by atoms with E-state index in [0.29, 0.717) is 6.54 Å². The van der Waals surface area contributed by atoms with Crippen LogP contribution in [0.15, 0.2) is 24.3 Å². The number of para-hydroxylation sites is 1. The van der Waals surface area contributed by atoms with Crippen LogP contribution in [0.5, 0.6) is 5.75 Å². The number of urea groups is 1. The Bertz CT molecular complexity index is 535. The number of hydrogen-bond acceptors (Lipinski definition) is 3. The van der Waals surface area contributed by atoms with Crippen molar-refractivity contribution < 1.29 is 9.53 Å². The molecule has 24 heavy (non-hydrogen) atoms. The first-order valence-corrected chi connectivity index (χ1v) is 9.16. The largest absolute Gasteiger partial charge is 0.496 e. The standard InChI is InChI=1S/C19H29N3O2/c1-24-18-10-6-5-7-16(18)15-20-19(23)22-13-11-21(12-14-22)17-8-3-2-4-9-17/h5-7,10,17H,2-4,8-9,11-15H2,1H3,(H,20,23). The molecule has 1 heterocycles. The fraction of sp³-hybridized carbons (Fsp3) is 0.632. The fourth-order valence-corrected chi connectivity index (χ4v) is 3.87. The van der Waals surface area contributed by atoms with Crippen molar-refractivity contribution in [3.05, 3.63) is 29.8 Å². The Morgan fingerprint density at radius 1 is 1.12 bits per heavy atom. The second-order valence-corrected chi connectivity index (χ2v) is 6.79. The van der Waals surface area contributed by atoms with Gasteiger partial charge in [-0.15, -0.1) is 0 Å². The zero-order valence-corrected chi connectivity index (χ0v) is 14.7. The first kappa shape index (κ1) is 17.1. The first-order chi connectivity index (χ1) is 11.8. The topological polar surface area (TPSA) is 44.8 Å². The van der Waals surface area contributed by atoms with Crippen molar-refractivity contribution in [3.8, 4) is 5.75 Å². The Morgan fingerprint density at radius 3 is 2.54 bits per heavy atom. The third kappa shape index (κ3) is 4.20. The molecule has 1 N–H and O–H groups in total. The third-order valence-electron chi connectivity index (χ3n) is 5.32. The number of methoxy groups -OCH3 is 1. The van der Waals surface area contributed by atoms with Gasteiger partial charge in [0.25, 0.3) is 0 Å². The van der Waals surface area contributed by atoms with Crippen molar-refractivity contribution in [1.82, 2.24) is 15.1 Å². The summed E-state index contributed by atoms with van der Waals surface area (Å²) < 4.78 is 5.33. The lowest BCUT2D eigenvalue weighted by atomic mass is 9.94. The number of nitrogens with one attached hydrogen (secondary N) is 1. The SMILES string of the molecule is COc1ccccc1CNC(=O)N1CCN(C2CCCCC2)CC1. The second kappa shape index (κ2) is 8.38. The zero-order valence-electron chi connectivity index (χ0n) is 14.7. The van der Waals surface area contributed by atoms with E-state index in [1.165, 1.54) is 32.1 Å².